The summed E-state index contributed by atoms with van der Waals surface area (Å²) >= 11 is 0. The first-order chi connectivity index (χ1) is 14.2. The molecule has 2 aromatic carbocycles. The molecule has 160 valence electrons. The van der Waals surface area contributed by atoms with Crippen molar-refractivity contribution < 1.29 is 9.53 Å². The van der Waals surface area contributed by atoms with Crippen molar-refractivity contribution in [3.05, 3.63) is 58.7 Å². The summed E-state index contributed by atoms with van der Waals surface area (Å²) in [5, 5.41) is 4.21. The molecule has 5 nitrogen and oxygen atoms in total. The molecule has 0 bridgehead atoms. The minimum Gasteiger partial charge on any atom is -0.497 e. The monoisotopic (exact) mass is 407 g/mol. The van der Waals surface area contributed by atoms with E-state index < -0.39 is 0 Å². The molecular weight excluding hydrogens is 374 g/mol. The zero-order chi connectivity index (χ0) is 21.9. The van der Waals surface area contributed by atoms with Crippen LogP contribution in [0.5, 0.6) is 5.75 Å². The van der Waals surface area contributed by atoms with Crippen molar-refractivity contribution in [1.29, 1.82) is 0 Å². The molecule has 1 heterocycles. The van der Waals surface area contributed by atoms with E-state index >= 15 is 0 Å². The van der Waals surface area contributed by atoms with Gasteiger partial charge in [0.15, 0.2) is 0 Å². The van der Waals surface area contributed by atoms with Gasteiger partial charge in [-0.1, -0.05) is 19.1 Å². The fourth-order valence-electron chi connectivity index (χ4n) is 4.57. The lowest BCUT2D eigenvalue weighted by Gasteiger charge is -2.47. The summed E-state index contributed by atoms with van der Waals surface area (Å²) in [5.74, 6) is 1.07. The van der Waals surface area contributed by atoms with Gasteiger partial charge in [0.1, 0.15) is 5.75 Å². The Labute approximate surface area is 180 Å². The first-order valence-electron chi connectivity index (χ1n) is 10.6. The lowest BCUT2D eigenvalue weighted by atomic mass is 9.79. The molecule has 0 fully saturated rings. The molecule has 0 spiro atoms. The minimum absolute atomic E-state index is 0.150. The van der Waals surface area contributed by atoms with Gasteiger partial charge in [0.25, 0.3) is 0 Å². The van der Waals surface area contributed by atoms with Crippen LogP contribution in [0.3, 0.4) is 0 Å². The van der Waals surface area contributed by atoms with Gasteiger partial charge in [-0.3, -0.25) is 4.79 Å². The van der Waals surface area contributed by atoms with E-state index in [1.807, 2.05) is 24.3 Å². The van der Waals surface area contributed by atoms with E-state index in [1.54, 1.807) is 13.3 Å². The van der Waals surface area contributed by atoms with E-state index in [9.17, 15) is 4.79 Å². The Kier molecular flexibility index (Phi) is 6.49. The zero-order valence-corrected chi connectivity index (χ0v) is 19.0. The third-order valence-corrected chi connectivity index (χ3v) is 5.98. The lowest BCUT2D eigenvalue weighted by Crippen LogP contribution is -2.48. The molecule has 1 unspecified atom stereocenters. The van der Waals surface area contributed by atoms with Crippen LogP contribution in [-0.4, -0.2) is 31.3 Å². The summed E-state index contributed by atoms with van der Waals surface area (Å²) in [4.78, 5) is 14.7. The van der Waals surface area contributed by atoms with Crippen molar-refractivity contribution in [3.8, 4) is 5.75 Å². The maximum Gasteiger partial charge on any atom is 0.244 e. The number of nitrogens with one attached hydrogen (secondary N) is 1. The van der Waals surface area contributed by atoms with Crippen molar-refractivity contribution in [2.45, 2.75) is 58.9 Å². The predicted octanol–water partition coefficient (Wildman–Crippen LogP) is 4.81. The number of methoxy groups -OCH3 is 1. The van der Waals surface area contributed by atoms with Gasteiger partial charge in [0, 0.05) is 17.8 Å². The second kappa shape index (κ2) is 8.90. The predicted molar refractivity (Wildman–Crippen MR) is 124 cm³/mol. The number of carbonyl (C=O) groups excluding carboxylic acids is 1. The van der Waals surface area contributed by atoms with Crippen LogP contribution in [0.15, 0.2) is 41.5 Å². The van der Waals surface area contributed by atoms with Gasteiger partial charge in [-0.05, 0) is 86.6 Å². The van der Waals surface area contributed by atoms with Gasteiger partial charge in [-0.15, -0.1) is 0 Å². The van der Waals surface area contributed by atoms with Gasteiger partial charge in [-0.2, -0.15) is 5.10 Å². The topological polar surface area (TPSA) is 53.9 Å². The summed E-state index contributed by atoms with van der Waals surface area (Å²) in [7, 11) is 1.62. The first kappa shape index (κ1) is 21.9. The summed E-state index contributed by atoms with van der Waals surface area (Å²) in [6.45, 7) is 12.2. The molecule has 1 atom stereocenters. The van der Waals surface area contributed by atoms with E-state index in [1.165, 1.54) is 11.3 Å². The Morgan fingerprint density at radius 1 is 1.33 bits per heavy atom. The quantitative estimate of drug-likeness (QED) is 0.552. The largest absolute Gasteiger partial charge is 0.497 e. The molecule has 1 aliphatic heterocycles. The van der Waals surface area contributed by atoms with E-state index in [4.69, 9.17) is 4.74 Å². The van der Waals surface area contributed by atoms with Crippen LogP contribution in [0.1, 0.15) is 62.3 Å². The third-order valence-electron chi connectivity index (χ3n) is 5.98. The fraction of sp³-hybridized carbons (Fsp3) is 0.440. The highest BCUT2D eigenvalue weighted by Crippen LogP contribution is 2.43. The van der Waals surface area contributed by atoms with Gasteiger partial charge in [-0.25, -0.2) is 5.43 Å². The number of ether oxygens (including phenoxy) is 1. The van der Waals surface area contributed by atoms with Crippen LogP contribution in [0, 0.1) is 6.92 Å². The molecule has 0 aliphatic carbocycles. The number of carbonyl (C=O) groups is 1. The number of hydrazone groups is 1. The molecule has 0 radical (unpaired) electrons. The molecule has 1 amide bonds. The Balaban J connectivity index is 1.73. The van der Waals surface area contributed by atoms with Crippen LogP contribution in [0.25, 0.3) is 0 Å². The van der Waals surface area contributed by atoms with E-state index in [2.05, 4.69) is 62.2 Å². The molecule has 5 heteroatoms. The molecule has 1 aliphatic rings. The molecular formula is C25H33N3O2. The van der Waals surface area contributed by atoms with E-state index in [0.717, 1.165) is 35.4 Å². The van der Waals surface area contributed by atoms with Crippen molar-refractivity contribution in [2.24, 2.45) is 5.10 Å². The molecule has 0 aromatic heterocycles. The van der Waals surface area contributed by atoms with Crippen molar-refractivity contribution in [1.82, 2.24) is 5.43 Å². The van der Waals surface area contributed by atoms with Crippen molar-refractivity contribution in [2.75, 3.05) is 18.6 Å². The number of aryl methyl sites for hydroxylation is 1. The van der Waals surface area contributed by atoms with E-state index in [0.29, 0.717) is 5.92 Å². The van der Waals surface area contributed by atoms with Crippen LogP contribution in [-0.2, 0) is 11.2 Å². The highest BCUT2D eigenvalue weighted by molar-refractivity contribution is 5.86. The summed E-state index contributed by atoms with van der Waals surface area (Å²) < 4.78 is 5.21. The fourth-order valence-corrected chi connectivity index (χ4v) is 4.57. The number of rotatable bonds is 6. The lowest BCUT2D eigenvalue weighted by molar-refractivity contribution is -0.120. The van der Waals surface area contributed by atoms with Gasteiger partial charge in [0.2, 0.25) is 5.91 Å². The van der Waals surface area contributed by atoms with Crippen LogP contribution in [0.2, 0.25) is 0 Å². The molecule has 1 N–H and O–H groups in total. The molecule has 2 aromatic rings. The van der Waals surface area contributed by atoms with Crippen LogP contribution < -0.4 is 15.1 Å². The maximum atomic E-state index is 12.3. The summed E-state index contributed by atoms with van der Waals surface area (Å²) in [6, 6.07) is 12.0. The Morgan fingerprint density at radius 3 is 2.80 bits per heavy atom. The number of anilines is 1. The summed E-state index contributed by atoms with van der Waals surface area (Å²) in [5.41, 5.74) is 8.56. The Morgan fingerprint density at radius 2 is 2.10 bits per heavy atom. The van der Waals surface area contributed by atoms with Crippen LogP contribution >= 0.6 is 0 Å². The van der Waals surface area contributed by atoms with Gasteiger partial charge >= 0.3 is 0 Å². The normalized spacial score (nSPS) is 17.7. The number of nitrogens with zero attached hydrogens (tertiary/aromatic N) is 2. The Bertz CT molecular complexity index is 949. The van der Waals surface area contributed by atoms with Crippen LogP contribution in [0.4, 0.5) is 5.69 Å². The van der Waals surface area contributed by atoms with Gasteiger partial charge < -0.3 is 9.64 Å². The second-order valence-corrected chi connectivity index (χ2v) is 8.75. The third kappa shape index (κ3) is 4.66. The second-order valence-electron chi connectivity index (χ2n) is 8.75. The number of amides is 1. The minimum atomic E-state index is -0.151. The summed E-state index contributed by atoms with van der Waals surface area (Å²) in [6.07, 6.45) is 3.13. The standard InChI is InChI=1S/C25H33N3O2/c1-7-28-23-11-17(2)20(14-22(23)18(3)15-25(28,4)5)16-26-27-24(29)13-19-9-8-10-21(12-19)30-6/h8-12,14,16,18H,7,13,15H2,1-6H3,(H,27,29)/b26-16+. The molecule has 30 heavy (non-hydrogen) atoms. The number of fused-ring (bicyclic) bond motifs is 1. The average molecular weight is 408 g/mol. The molecule has 0 saturated carbocycles. The number of benzene rings is 2. The average Bonchev–Trinajstić information content (AvgIpc) is 2.68. The molecule has 3 rings (SSSR count). The number of hydrogen-bond acceptors (Lipinski definition) is 4. The highest BCUT2D eigenvalue weighted by atomic mass is 16.5. The van der Waals surface area contributed by atoms with E-state index in [-0.39, 0.29) is 17.9 Å². The smallest absolute Gasteiger partial charge is 0.244 e. The maximum absolute atomic E-state index is 12.3. The zero-order valence-electron chi connectivity index (χ0n) is 19.0. The molecule has 0 saturated heterocycles. The first-order valence-corrected chi connectivity index (χ1v) is 10.6. The SMILES string of the molecule is CCN1c2cc(C)c(/C=N/NC(=O)Cc3cccc(OC)c3)cc2C(C)CC1(C)C. The van der Waals surface area contributed by atoms with Gasteiger partial charge in [0.05, 0.1) is 19.7 Å². The van der Waals surface area contributed by atoms with Crippen molar-refractivity contribution >= 4 is 17.8 Å². The Hall–Kier alpha value is -2.82. The van der Waals surface area contributed by atoms with Crippen molar-refractivity contribution in [3.63, 3.8) is 0 Å². The number of hydrogen-bond donors (Lipinski definition) is 1. The highest BCUT2D eigenvalue weighted by Gasteiger charge is 2.35.